The Kier molecular flexibility index (Phi) is 8.43. The molecule has 0 aliphatic carbocycles. The number of rotatable bonds is 9. The number of thiophene rings is 1. The standard InChI is InChI=1S/C22H29ClN6O3S2/c1-8-32-21(31)16-12(4)14(6)34-20(16)24-15(30)10-33-22-26-25-19(29(22)9-11(2)3)18-17(23)13(5)27-28(18)7/h11H,8-10H2,1-7H3,(H,24,30). The Balaban J connectivity index is 1.81. The molecule has 3 aromatic rings. The molecule has 0 unspecified atom stereocenters. The number of halogens is 1. The van der Waals surface area contributed by atoms with E-state index in [0.717, 1.165) is 10.4 Å². The van der Waals surface area contributed by atoms with Gasteiger partial charge in [-0.1, -0.05) is 37.2 Å². The molecule has 12 heteroatoms. The first-order valence-corrected chi connectivity index (χ1v) is 13.0. The first kappa shape index (κ1) is 26.2. The van der Waals surface area contributed by atoms with E-state index in [4.69, 9.17) is 16.3 Å². The Hall–Kier alpha value is -2.37. The van der Waals surface area contributed by atoms with Crippen LogP contribution >= 0.6 is 34.7 Å². The molecule has 0 fully saturated rings. The van der Waals surface area contributed by atoms with E-state index >= 15 is 0 Å². The number of aryl methyl sites for hydroxylation is 3. The maximum atomic E-state index is 12.8. The first-order chi connectivity index (χ1) is 16.0. The van der Waals surface area contributed by atoms with Gasteiger partial charge in [0.1, 0.15) is 10.7 Å². The summed E-state index contributed by atoms with van der Waals surface area (Å²) in [5.74, 6) is 0.356. The Morgan fingerprint density at radius 3 is 2.53 bits per heavy atom. The number of ether oxygens (including phenoxy) is 1. The summed E-state index contributed by atoms with van der Waals surface area (Å²) in [5, 5.41) is 17.6. The molecule has 0 aliphatic heterocycles. The molecular formula is C22H29ClN6O3S2. The maximum absolute atomic E-state index is 12.8. The summed E-state index contributed by atoms with van der Waals surface area (Å²) in [4.78, 5) is 26.1. The Bertz CT molecular complexity index is 1210. The zero-order valence-corrected chi connectivity index (χ0v) is 22.7. The maximum Gasteiger partial charge on any atom is 0.341 e. The highest BCUT2D eigenvalue weighted by Gasteiger charge is 2.24. The number of thioether (sulfide) groups is 1. The minimum absolute atomic E-state index is 0.104. The van der Waals surface area contributed by atoms with Crippen LogP contribution in [0.15, 0.2) is 5.16 Å². The molecule has 34 heavy (non-hydrogen) atoms. The van der Waals surface area contributed by atoms with Gasteiger partial charge in [-0.25, -0.2) is 4.79 Å². The van der Waals surface area contributed by atoms with E-state index < -0.39 is 5.97 Å². The summed E-state index contributed by atoms with van der Waals surface area (Å²) >= 11 is 9.13. The summed E-state index contributed by atoms with van der Waals surface area (Å²) in [6, 6.07) is 0. The Morgan fingerprint density at radius 1 is 1.24 bits per heavy atom. The molecule has 0 saturated heterocycles. The number of aromatic nitrogens is 5. The van der Waals surface area contributed by atoms with Crippen LogP contribution in [0.1, 0.15) is 47.3 Å². The number of esters is 1. The van der Waals surface area contributed by atoms with Crippen LogP contribution in [0.5, 0.6) is 0 Å². The van der Waals surface area contributed by atoms with Gasteiger partial charge in [0.2, 0.25) is 5.91 Å². The lowest BCUT2D eigenvalue weighted by Gasteiger charge is -2.13. The van der Waals surface area contributed by atoms with Gasteiger partial charge in [0.15, 0.2) is 11.0 Å². The fourth-order valence-corrected chi connectivity index (χ4v) is 5.49. The topological polar surface area (TPSA) is 104 Å². The molecule has 3 aromatic heterocycles. The van der Waals surface area contributed by atoms with Gasteiger partial charge in [-0.05, 0) is 39.2 Å². The van der Waals surface area contributed by atoms with E-state index in [-0.39, 0.29) is 18.3 Å². The molecule has 0 bridgehead atoms. The smallest absolute Gasteiger partial charge is 0.341 e. The van der Waals surface area contributed by atoms with Gasteiger partial charge >= 0.3 is 5.97 Å². The third-order valence-electron chi connectivity index (χ3n) is 5.08. The van der Waals surface area contributed by atoms with Crippen molar-refractivity contribution in [1.29, 1.82) is 0 Å². The summed E-state index contributed by atoms with van der Waals surface area (Å²) in [7, 11) is 1.81. The van der Waals surface area contributed by atoms with Gasteiger partial charge in [0, 0.05) is 18.5 Å². The molecular weight excluding hydrogens is 496 g/mol. The summed E-state index contributed by atoms with van der Waals surface area (Å²) in [6.45, 7) is 12.5. The molecule has 0 saturated carbocycles. The summed E-state index contributed by atoms with van der Waals surface area (Å²) < 4.78 is 8.82. The molecule has 0 aromatic carbocycles. The average Bonchev–Trinajstić information content (AvgIpc) is 3.34. The molecule has 0 aliphatic rings. The minimum Gasteiger partial charge on any atom is -0.462 e. The molecule has 1 amide bonds. The lowest BCUT2D eigenvalue weighted by Crippen LogP contribution is -2.17. The van der Waals surface area contributed by atoms with Crippen LogP contribution in [0.3, 0.4) is 0 Å². The van der Waals surface area contributed by atoms with E-state index in [1.165, 1.54) is 23.1 Å². The largest absolute Gasteiger partial charge is 0.462 e. The fourth-order valence-electron chi connectivity index (χ4n) is 3.43. The Labute approximate surface area is 212 Å². The minimum atomic E-state index is -0.433. The van der Waals surface area contributed by atoms with Crippen molar-refractivity contribution in [1.82, 2.24) is 24.5 Å². The zero-order valence-electron chi connectivity index (χ0n) is 20.4. The predicted octanol–water partition coefficient (Wildman–Crippen LogP) is 4.88. The van der Waals surface area contributed by atoms with Crippen LogP contribution in [0.2, 0.25) is 5.02 Å². The van der Waals surface area contributed by atoms with Gasteiger partial charge in [-0.15, -0.1) is 21.5 Å². The normalized spacial score (nSPS) is 11.3. The second kappa shape index (κ2) is 10.9. The number of anilines is 1. The highest BCUT2D eigenvalue weighted by Crippen LogP contribution is 2.34. The molecule has 1 N–H and O–H groups in total. The van der Waals surface area contributed by atoms with Crippen molar-refractivity contribution in [2.75, 3.05) is 17.7 Å². The molecule has 0 spiro atoms. The van der Waals surface area contributed by atoms with E-state index in [2.05, 4.69) is 34.5 Å². The molecule has 3 heterocycles. The number of nitrogens with one attached hydrogen (secondary N) is 1. The van der Waals surface area contributed by atoms with Crippen LogP contribution < -0.4 is 5.32 Å². The third-order valence-corrected chi connectivity index (χ3v) is 7.62. The van der Waals surface area contributed by atoms with Crippen LogP contribution in [-0.2, 0) is 23.1 Å². The van der Waals surface area contributed by atoms with Gasteiger partial charge in [-0.2, -0.15) is 5.10 Å². The fraction of sp³-hybridized carbons (Fsp3) is 0.500. The van der Waals surface area contributed by atoms with E-state index in [1.807, 2.05) is 32.4 Å². The van der Waals surface area contributed by atoms with Crippen molar-refractivity contribution in [3.05, 3.63) is 26.7 Å². The van der Waals surface area contributed by atoms with Crippen LogP contribution in [0.4, 0.5) is 5.00 Å². The molecule has 0 atom stereocenters. The third kappa shape index (κ3) is 5.47. The molecule has 184 valence electrons. The second-order valence-corrected chi connectivity index (χ2v) is 10.8. The van der Waals surface area contributed by atoms with Crippen molar-refractivity contribution in [3.8, 4) is 11.5 Å². The summed E-state index contributed by atoms with van der Waals surface area (Å²) in [5.41, 5.74) is 2.63. The average molecular weight is 525 g/mol. The van der Waals surface area contributed by atoms with Crippen LogP contribution in [0, 0.1) is 26.7 Å². The van der Waals surface area contributed by atoms with E-state index in [9.17, 15) is 9.59 Å². The monoisotopic (exact) mass is 524 g/mol. The highest BCUT2D eigenvalue weighted by atomic mass is 35.5. The second-order valence-electron chi connectivity index (χ2n) is 8.23. The molecule has 3 rings (SSSR count). The van der Waals surface area contributed by atoms with Gasteiger partial charge in [-0.3, -0.25) is 9.48 Å². The zero-order chi connectivity index (χ0) is 25.2. The van der Waals surface area contributed by atoms with E-state index in [0.29, 0.717) is 50.4 Å². The van der Waals surface area contributed by atoms with E-state index in [1.54, 1.807) is 11.6 Å². The molecule has 9 nitrogen and oxygen atoms in total. The number of carbonyl (C=O) groups is 2. The van der Waals surface area contributed by atoms with Crippen molar-refractivity contribution >= 4 is 51.6 Å². The van der Waals surface area contributed by atoms with Gasteiger partial charge in [0.05, 0.1) is 28.6 Å². The van der Waals surface area contributed by atoms with Crippen LogP contribution in [-0.4, -0.2) is 48.8 Å². The first-order valence-electron chi connectivity index (χ1n) is 10.9. The van der Waals surface area contributed by atoms with Gasteiger partial charge in [0.25, 0.3) is 0 Å². The van der Waals surface area contributed by atoms with Crippen molar-refractivity contribution < 1.29 is 14.3 Å². The highest BCUT2D eigenvalue weighted by molar-refractivity contribution is 7.99. The number of hydrogen-bond acceptors (Lipinski definition) is 8. The summed E-state index contributed by atoms with van der Waals surface area (Å²) in [6.07, 6.45) is 0. The van der Waals surface area contributed by atoms with Crippen molar-refractivity contribution in [3.63, 3.8) is 0 Å². The predicted molar refractivity (Wildman–Crippen MR) is 136 cm³/mol. The number of nitrogens with zero attached hydrogens (tertiary/aromatic N) is 5. The van der Waals surface area contributed by atoms with Crippen molar-refractivity contribution in [2.24, 2.45) is 13.0 Å². The number of amides is 1. The molecule has 0 radical (unpaired) electrons. The Morgan fingerprint density at radius 2 is 1.94 bits per heavy atom. The number of hydrogen-bond donors (Lipinski definition) is 1. The van der Waals surface area contributed by atoms with Gasteiger partial charge < -0.3 is 14.6 Å². The van der Waals surface area contributed by atoms with Crippen LogP contribution in [0.25, 0.3) is 11.5 Å². The number of carbonyl (C=O) groups excluding carboxylic acids is 2. The lowest BCUT2D eigenvalue weighted by atomic mass is 10.1. The van der Waals surface area contributed by atoms with Crippen molar-refractivity contribution in [2.45, 2.75) is 53.2 Å². The lowest BCUT2D eigenvalue weighted by molar-refractivity contribution is -0.113. The quantitative estimate of drug-likeness (QED) is 0.314. The SMILES string of the molecule is CCOC(=O)c1c(NC(=O)CSc2nnc(-c3c(Cl)c(C)nn3C)n2CC(C)C)sc(C)c1C.